The third-order valence-electron chi connectivity index (χ3n) is 2.96. The Morgan fingerprint density at radius 3 is 2.74 bits per heavy atom. The quantitative estimate of drug-likeness (QED) is 0.479. The molecule has 0 aromatic carbocycles. The van der Waals surface area contributed by atoms with Gasteiger partial charge in [-0.1, -0.05) is 18.7 Å². The molecule has 0 aromatic heterocycles. The molecule has 4 N–H and O–H groups in total. The highest BCUT2D eigenvalue weighted by Gasteiger charge is 2.39. The van der Waals surface area contributed by atoms with Gasteiger partial charge in [0, 0.05) is 12.0 Å². The second kappa shape index (κ2) is 7.74. The molecule has 0 aromatic rings. The van der Waals surface area contributed by atoms with Crippen molar-refractivity contribution in [3.63, 3.8) is 0 Å². The topological polar surface area (TPSA) is 99.4 Å². The predicted molar refractivity (Wildman–Crippen MR) is 68.3 cm³/mol. The van der Waals surface area contributed by atoms with Gasteiger partial charge in [0.2, 0.25) is 0 Å². The summed E-state index contributed by atoms with van der Waals surface area (Å²) in [4.78, 5) is 0. The first kappa shape index (κ1) is 16.3. The molecule has 1 heterocycles. The summed E-state index contributed by atoms with van der Waals surface area (Å²) in [6, 6.07) is 0. The van der Waals surface area contributed by atoms with Gasteiger partial charge in [-0.3, -0.25) is 0 Å². The standard InChI is InChI=1S/C13H22O6/c1-3-4-9(15)5-6-18-13-8(2)11(16)12(17)10(7-14)19-13/h3-4,9-17H,2,5-7H2,1H3/b4-3+/t9-,10?,11?,12-,13-/m1/s1. The molecule has 6 heteroatoms. The van der Waals surface area contributed by atoms with Crippen LogP contribution in [0.25, 0.3) is 0 Å². The third kappa shape index (κ3) is 4.38. The highest BCUT2D eigenvalue weighted by Crippen LogP contribution is 2.25. The minimum absolute atomic E-state index is 0.205. The van der Waals surface area contributed by atoms with Gasteiger partial charge in [0.15, 0.2) is 6.29 Å². The van der Waals surface area contributed by atoms with Crippen LogP contribution in [0.1, 0.15) is 13.3 Å². The fourth-order valence-electron chi connectivity index (χ4n) is 1.80. The Bertz CT molecular complexity index is 316. The van der Waals surface area contributed by atoms with E-state index in [0.717, 1.165) is 0 Å². The van der Waals surface area contributed by atoms with Crippen LogP contribution in [0.3, 0.4) is 0 Å². The lowest BCUT2D eigenvalue weighted by molar-refractivity contribution is -0.226. The molecule has 0 saturated carbocycles. The first-order valence-corrected chi connectivity index (χ1v) is 6.24. The van der Waals surface area contributed by atoms with Crippen LogP contribution in [0.4, 0.5) is 0 Å². The van der Waals surface area contributed by atoms with Gasteiger partial charge in [-0.15, -0.1) is 0 Å². The SMILES string of the molecule is C=C1C(O)[C@H](O)C(CO)O[C@H]1OCC[C@H](O)/C=C/C. The summed E-state index contributed by atoms with van der Waals surface area (Å²) in [5, 5.41) is 37.9. The van der Waals surface area contributed by atoms with Gasteiger partial charge in [-0.05, 0) is 6.92 Å². The van der Waals surface area contributed by atoms with Crippen molar-refractivity contribution in [2.24, 2.45) is 0 Å². The Morgan fingerprint density at radius 1 is 1.47 bits per heavy atom. The van der Waals surface area contributed by atoms with Crippen molar-refractivity contribution < 1.29 is 29.9 Å². The molecule has 19 heavy (non-hydrogen) atoms. The maximum absolute atomic E-state index is 9.73. The van der Waals surface area contributed by atoms with Crippen molar-refractivity contribution in [3.05, 3.63) is 24.3 Å². The molecule has 0 aliphatic carbocycles. The van der Waals surface area contributed by atoms with Gasteiger partial charge >= 0.3 is 0 Å². The molecule has 1 fully saturated rings. The Hall–Kier alpha value is -0.760. The van der Waals surface area contributed by atoms with E-state index in [2.05, 4.69) is 6.58 Å². The highest BCUT2D eigenvalue weighted by atomic mass is 16.7. The number of hydrogen-bond acceptors (Lipinski definition) is 6. The van der Waals surface area contributed by atoms with Gasteiger partial charge in [0.05, 0.1) is 19.3 Å². The molecule has 1 aliphatic rings. The lowest BCUT2D eigenvalue weighted by atomic mass is 9.98. The number of aliphatic hydroxyl groups excluding tert-OH is 4. The number of hydrogen-bond donors (Lipinski definition) is 4. The molecule has 0 radical (unpaired) electrons. The van der Waals surface area contributed by atoms with Gasteiger partial charge in [-0.25, -0.2) is 0 Å². The van der Waals surface area contributed by atoms with Gasteiger partial charge in [0.1, 0.15) is 18.3 Å². The lowest BCUT2D eigenvalue weighted by Gasteiger charge is -2.37. The van der Waals surface area contributed by atoms with Crippen LogP contribution in [-0.4, -0.2) is 64.3 Å². The Kier molecular flexibility index (Phi) is 6.64. The summed E-state index contributed by atoms with van der Waals surface area (Å²) >= 11 is 0. The van der Waals surface area contributed by atoms with Crippen molar-refractivity contribution in [2.45, 2.75) is 44.1 Å². The summed E-state index contributed by atoms with van der Waals surface area (Å²) in [5.74, 6) is 0. The third-order valence-corrected chi connectivity index (χ3v) is 2.96. The monoisotopic (exact) mass is 274 g/mol. The van der Waals surface area contributed by atoms with E-state index in [1.165, 1.54) is 0 Å². The van der Waals surface area contributed by atoms with Crippen LogP contribution in [0.2, 0.25) is 0 Å². The van der Waals surface area contributed by atoms with E-state index < -0.39 is 37.3 Å². The minimum atomic E-state index is -1.22. The zero-order valence-electron chi connectivity index (χ0n) is 11.0. The molecular formula is C13H22O6. The smallest absolute Gasteiger partial charge is 0.182 e. The first-order chi connectivity index (χ1) is 9.01. The fourth-order valence-corrected chi connectivity index (χ4v) is 1.80. The second-order valence-corrected chi connectivity index (χ2v) is 4.45. The molecule has 0 spiro atoms. The highest BCUT2D eigenvalue weighted by molar-refractivity contribution is 5.12. The largest absolute Gasteiger partial charge is 0.394 e. The van der Waals surface area contributed by atoms with Crippen LogP contribution in [0.15, 0.2) is 24.3 Å². The van der Waals surface area contributed by atoms with Crippen LogP contribution in [0, 0.1) is 0 Å². The normalized spacial score (nSPS) is 33.8. The number of rotatable bonds is 6. The summed E-state index contributed by atoms with van der Waals surface area (Å²) in [6.45, 7) is 5.20. The summed E-state index contributed by atoms with van der Waals surface area (Å²) in [6.07, 6.45) is -1.08. The van der Waals surface area contributed by atoms with E-state index in [9.17, 15) is 15.3 Å². The van der Waals surface area contributed by atoms with E-state index in [1.54, 1.807) is 19.1 Å². The molecule has 5 atom stereocenters. The van der Waals surface area contributed by atoms with Crippen molar-refractivity contribution in [2.75, 3.05) is 13.2 Å². The Morgan fingerprint density at radius 2 is 2.16 bits per heavy atom. The molecule has 0 amide bonds. The van der Waals surface area contributed by atoms with Crippen LogP contribution >= 0.6 is 0 Å². The average Bonchev–Trinajstić information content (AvgIpc) is 2.39. The van der Waals surface area contributed by atoms with Gasteiger partial charge < -0.3 is 29.9 Å². The number of ether oxygens (including phenoxy) is 2. The van der Waals surface area contributed by atoms with Crippen LogP contribution in [0.5, 0.6) is 0 Å². The zero-order chi connectivity index (χ0) is 14.4. The molecular weight excluding hydrogens is 252 g/mol. The zero-order valence-corrected chi connectivity index (χ0v) is 11.0. The predicted octanol–water partition coefficient (Wildman–Crippen LogP) is -0.675. The molecule has 1 rings (SSSR count). The van der Waals surface area contributed by atoms with E-state index in [1.807, 2.05) is 0 Å². The van der Waals surface area contributed by atoms with Crippen molar-refractivity contribution in [3.8, 4) is 0 Å². The molecule has 2 unspecified atom stereocenters. The lowest BCUT2D eigenvalue weighted by Crippen LogP contribution is -2.52. The molecule has 1 aliphatic heterocycles. The van der Waals surface area contributed by atoms with E-state index in [4.69, 9.17) is 14.6 Å². The minimum Gasteiger partial charge on any atom is -0.394 e. The Balaban J connectivity index is 2.46. The molecule has 110 valence electrons. The molecule has 1 saturated heterocycles. The second-order valence-electron chi connectivity index (χ2n) is 4.45. The number of allylic oxidation sites excluding steroid dienone is 1. The average molecular weight is 274 g/mol. The maximum atomic E-state index is 9.73. The first-order valence-electron chi connectivity index (χ1n) is 6.24. The summed E-state index contributed by atoms with van der Waals surface area (Å²) < 4.78 is 10.7. The number of aliphatic hydroxyl groups is 4. The van der Waals surface area contributed by atoms with Crippen molar-refractivity contribution >= 4 is 0 Å². The maximum Gasteiger partial charge on any atom is 0.182 e. The van der Waals surface area contributed by atoms with E-state index in [-0.39, 0.29) is 12.2 Å². The van der Waals surface area contributed by atoms with Crippen molar-refractivity contribution in [1.82, 2.24) is 0 Å². The Labute approximate surface area is 112 Å². The molecule has 6 nitrogen and oxygen atoms in total. The van der Waals surface area contributed by atoms with E-state index in [0.29, 0.717) is 6.42 Å². The summed E-state index contributed by atoms with van der Waals surface area (Å²) in [5.41, 5.74) is 0.206. The summed E-state index contributed by atoms with van der Waals surface area (Å²) in [7, 11) is 0. The van der Waals surface area contributed by atoms with Crippen molar-refractivity contribution in [1.29, 1.82) is 0 Å². The fraction of sp³-hybridized carbons (Fsp3) is 0.692. The van der Waals surface area contributed by atoms with Crippen LogP contribution in [-0.2, 0) is 9.47 Å². The molecule has 0 bridgehead atoms. The van der Waals surface area contributed by atoms with Gasteiger partial charge in [0.25, 0.3) is 0 Å². The van der Waals surface area contributed by atoms with Crippen LogP contribution < -0.4 is 0 Å². The van der Waals surface area contributed by atoms with E-state index >= 15 is 0 Å². The van der Waals surface area contributed by atoms with Gasteiger partial charge in [-0.2, -0.15) is 0 Å².